The highest BCUT2D eigenvalue weighted by atomic mass is 15.3. The molecule has 3 aliphatic heterocycles. The molecule has 3 rings (SSSR count). The minimum absolute atomic E-state index is 0.712. The van der Waals surface area contributed by atoms with Crippen molar-refractivity contribution in [2.45, 2.75) is 77.4 Å². The number of piperidine rings is 2. The lowest BCUT2D eigenvalue weighted by atomic mass is 9.96. The number of hydrogen-bond acceptors (Lipinski definition) is 4. The van der Waals surface area contributed by atoms with E-state index in [1.807, 2.05) is 0 Å². The molecule has 0 aromatic heterocycles. The third-order valence-corrected chi connectivity index (χ3v) is 7.17. The van der Waals surface area contributed by atoms with Crippen molar-refractivity contribution < 1.29 is 0 Å². The molecule has 3 aliphatic rings. The van der Waals surface area contributed by atoms with Crippen molar-refractivity contribution in [1.82, 2.24) is 19.6 Å². The topological polar surface area (TPSA) is 13.0 Å². The zero-order valence-electron chi connectivity index (χ0n) is 17.3. The minimum atomic E-state index is 0.712. The number of nitrogens with zero attached hydrogens (tertiary/aromatic N) is 4. The Kier molecular flexibility index (Phi) is 7.18. The van der Waals surface area contributed by atoms with Crippen LogP contribution in [0.4, 0.5) is 0 Å². The lowest BCUT2D eigenvalue weighted by molar-refractivity contribution is 0.0468. The van der Waals surface area contributed by atoms with Gasteiger partial charge in [-0.25, -0.2) is 0 Å². The molecule has 25 heavy (non-hydrogen) atoms. The van der Waals surface area contributed by atoms with Gasteiger partial charge in [0, 0.05) is 24.7 Å². The highest BCUT2D eigenvalue weighted by Crippen LogP contribution is 2.24. The molecule has 0 saturated carbocycles. The molecule has 3 heterocycles. The maximum absolute atomic E-state index is 2.74. The molecule has 0 bridgehead atoms. The minimum Gasteiger partial charge on any atom is -0.301 e. The van der Waals surface area contributed by atoms with Gasteiger partial charge >= 0.3 is 0 Å². The summed E-state index contributed by atoms with van der Waals surface area (Å²) >= 11 is 0. The van der Waals surface area contributed by atoms with Gasteiger partial charge < -0.3 is 9.80 Å². The standard InChI is InChI=1S/C21H42N4/c1-18(2)24-14-9-21(10-15-24)22(4)17-23-12-7-20(8-13-23)16-25-11-5-6-19(25)3/h18-21H,5-17H2,1-4H3. The van der Waals surface area contributed by atoms with Crippen LogP contribution < -0.4 is 0 Å². The summed E-state index contributed by atoms with van der Waals surface area (Å²) in [6, 6.07) is 2.34. The lowest BCUT2D eigenvalue weighted by Gasteiger charge is -2.42. The molecule has 4 nitrogen and oxygen atoms in total. The third kappa shape index (κ3) is 5.41. The maximum Gasteiger partial charge on any atom is 0.0506 e. The second-order valence-electron chi connectivity index (χ2n) is 9.31. The Balaban J connectivity index is 1.34. The van der Waals surface area contributed by atoms with Crippen LogP contribution in [0, 0.1) is 5.92 Å². The summed E-state index contributed by atoms with van der Waals surface area (Å²) in [5.74, 6) is 0.941. The van der Waals surface area contributed by atoms with E-state index in [1.54, 1.807) is 0 Å². The van der Waals surface area contributed by atoms with Crippen LogP contribution in [0.3, 0.4) is 0 Å². The zero-order valence-corrected chi connectivity index (χ0v) is 17.3. The fraction of sp³-hybridized carbons (Fsp3) is 1.00. The molecule has 4 heteroatoms. The number of hydrogen-bond donors (Lipinski definition) is 0. The van der Waals surface area contributed by atoms with Gasteiger partial charge in [0.05, 0.1) is 6.67 Å². The highest BCUT2D eigenvalue weighted by molar-refractivity contribution is 4.83. The predicted octanol–water partition coefficient (Wildman–Crippen LogP) is 2.94. The van der Waals surface area contributed by atoms with Crippen LogP contribution in [0.15, 0.2) is 0 Å². The molecule has 0 aliphatic carbocycles. The highest BCUT2D eigenvalue weighted by Gasteiger charge is 2.28. The predicted molar refractivity (Wildman–Crippen MR) is 107 cm³/mol. The van der Waals surface area contributed by atoms with E-state index in [0.29, 0.717) is 6.04 Å². The van der Waals surface area contributed by atoms with Gasteiger partial charge in [-0.15, -0.1) is 0 Å². The van der Waals surface area contributed by atoms with E-state index in [2.05, 4.69) is 47.4 Å². The molecule has 0 radical (unpaired) electrons. The van der Waals surface area contributed by atoms with Gasteiger partial charge in [0.25, 0.3) is 0 Å². The van der Waals surface area contributed by atoms with Crippen LogP contribution >= 0.6 is 0 Å². The van der Waals surface area contributed by atoms with Crippen molar-refractivity contribution in [2.75, 3.05) is 53.0 Å². The van der Waals surface area contributed by atoms with Crippen molar-refractivity contribution in [2.24, 2.45) is 5.92 Å². The first-order valence-electron chi connectivity index (χ1n) is 10.9. The first-order chi connectivity index (χ1) is 12.0. The summed E-state index contributed by atoms with van der Waals surface area (Å²) in [6.07, 6.45) is 8.33. The van der Waals surface area contributed by atoms with Crippen molar-refractivity contribution in [3.63, 3.8) is 0 Å². The Morgan fingerprint density at radius 1 is 0.920 bits per heavy atom. The van der Waals surface area contributed by atoms with Crippen LogP contribution in [0.5, 0.6) is 0 Å². The van der Waals surface area contributed by atoms with E-state index < -0.39 is 0 Å². The molecular formula is C21H42N4. The molecule has 3 fully saturated rings. The normalized spacial score (nSPS) is 29.3. The van der Waals surface area contributed by atoms with Crippen LogP contribution in [-0.2, 0) is 0 Å². The Morgan fingerprint density at radius 3 is 2.16 bits per heavy atom. The first-order valence-corrected chi connectivity index (χ1v) is 10.9. The van der Waals surface area contributed by atoms with E-state index >= 15 is 0 Å². The van der Waals surface area contributed by atoms with Gasteiger partial charge in [-0.3, -0.25) is 9.80 Å². The van der Waals surface area contributed by atoms with Gasteiger partial charge in [-0.2, -0.15) is 0 Å². The third-order valence-electron chi connectivity index (χ3n) is 7.17. The molecule has 0 aromatic rings. The monoisotopic (exact) mass is 350 g/mol. The summed E-state index contributed by atoms with van der Waals surface area (Å²) in [5, 5.41) is 0. The fourth-order valence-corrected chi connectivity index (χ4v) is 5.18. The Labute approximate surface area is 156 Å². The van der Waals surface area contributed by atoms with E-state index in [1.165, 1.54) is 84.5 Å². The Hall–Kier alpha value is -0.160. The molecule has 0 aromatic carbocycles. The van der Waals surface area contributed by atoms with Gasteiger partial charge in [0.2, 0.25) is 0 Å². The number of rotatable bonds is 6. The largest absolute Gasteiger partial charge is 0.301 e. The Bertz CT molecular complexity index is 383. The van der Waals surface area contributed by atoms with Gasteiger partial charge in [0.1, 0.15) is 0 Å². The smallest absolute Gasteiger partial charge is 0.0506 e. The summed E-state index contributed by atoms with van der Waals surface area (Å²) < 4.78 is 0. The van der Waals surface area contributed by atoms with Crippen molar-refractivity contribution in [1.29, 1.82) is 0 Å². The molecule has 1 unspecified atom stereocenters. The molecule has 0 spiro atoms. The molecule has 3 saturated heterocycles. The summed E-state index contributed by atoms with van der Waals surface area (Å²) in [6.45, 7) is 16.1. The fourth-order valence-electron chi connectivity index (χ4n) is 5.18. The van der Waals surface area contributed by atoms with Crippen LogP contribution in [0.25, 0.3) is 0 Å². The van der Waals surface area contributed by atoms with E-state index in [0.717, 1.165) is 18.0 Å². The van der Waals surface area contributed by atoms with Crippen LogP contribution in [-0.4, -0.2) is 90.7 Å². The number of likely N-dealkylation sites (tertiary alicyclic amines) is 3. The van der Waals surface area contributed by atoms with E-state index in [4.69, 9.17) is 0 Å². The van der Waals surface area contributed by atoms with Crippen molar-refractivity contribution >= 4 is 0 Å². The quantitative estimate of drug-likeness (QED) is 0.730. The van der Waals surface area contributed by atoms with Gasteiger partial charge in [-0.05, 0) is 105 Å². The summed E-state index contributed by atoms with van der Waals surface area (Å²) in [4.78, 5) is 10.7. The van der Waals surface area contributed by atoms with Crippen molar-refractivity contribution in [3.8, 4) is 0 Å². The zero-order chi connectivity index (χ0) is 17.8. The first kappa shape index (κ1) is 19.6. The molecular weight excluding hydrogens is 308 g/mol. The molecule has 0 N–H and O–H groups in total. The van der Waals surface area contributed by atoms with E-state index in [9.17, 15) is 0 Å². The average molecular weight is 351 g/mol. The van der Waals surface area contributed by atoms with Gasteiger partial charge in [0.15, 0.2) is 0 Å². The lowest BCUT2D eigenvalue weighted by Crippen LogP contribution is -2.50. The second kappa shape index (κ2) is 9.16. The van der Waals surface area contributed by atoms with Crippen LogP contribution in [0.2, 0.25) is 0 Å². The SMILES string of the molecule is CC(C)N1CCC(N(C)CN2CCC(CN3CCCC3C)CC2)CC1. The maximum atomic E-state index is 2.74. The van der Waals surface area contributed by atoms with Crippen molar-refractivity contribution in [3.05, 3.63) is 0 Å². The summed E-state index contributed by atoms with van der Waals surface area (Å²) in [5.41, 5.74) is 0. The molecule has 1 atom stereocenters. The van der Waals surface area contributed by atoms with Crippen LogP contribution in [0.1, 0.15) is 59.3 Å². The molecule has 146 valence electrons. The Morgan fingerprint density at radius 2 is 1.60 bits per heavy atom. The summed E-state index contributed by atoms with van der Waals surface area (Å²) in [7, 11) is 2.35. The van der Waals surface area contributed by atoms with E-state index in [-0.39, 0.29) is 0 Å². The second-order valence-corrected chi connectivity index (χ2v) is 9.31. The van der Waals surface area contributed by atoms with Gasteiger partial charge in [-0.1, -0.05) is 0 Å². The molecule has 0 amide bonds. The average Bonchev–Trinajstić information content (AvgIpc) is 3.01.